The minimum absolute atomic E-state index is 0.0735. The summed E-state index contributed by atoms with van der Waals surface area (Å²) < 4.78 is 13.4. The second kappa shape index (κ2) is 5.83. The monoisotopic (exact) mass is 293 g/mol. The highest BCUT2D eigenvalue weighted by Gasteiger charge is 2.17. The number of carbonyl (C=O) groups excluding carboxylic acids is 1. The Labute approximate surface area is 118 Å². The highest BCUT2D eigenvalue weighted by molar-refractivity contribution is 7.12. The number of benzene rings is 1. The number of thiophene rings is 1. The van der Waals surface area contributed by atoms with Crippen LogP contribution in [0.4, 0.5) is 10.1 Å². The molecule has 0 saturated carbocycles. The fourth-order valence-electron chi connectivity index (χ4n) is 1.76. The zero-order chi connectivity index (χ0) is 14.7. The fraction of sp³-hybridized carbons (Fsp3) is 0.143. The molecule has 1 aromatic carbocycles. The predicted molar refractivity (Wildman–Crippen MR) is 74.7 cm³/mol. The van der Waals surface area contributed by atoms with Crippen LogP contribution in [0.2, 0.25) is 0 Å². The molecule has 4 nitrogen and oxygen atoms in total. The standard InChI is InChI=1S/C14H12FNO3S/c1-8-7-20-13(14(18)19)12(8)16-11(17)6-9-4-2-3-5-10(9)15/h2-5,7H,6H2,1H3,(H,16,17)(H,18,19). The molecular formula is C14H12FNO3S. The van der Waals surface area contributed by atoms with E-state index in [-0.39, 0.29) is 22.5 Å². The summed E-state index contributed by atoms with van der Waals surface area (Å²) >= 11 is 1.05. The van der Waals surface area contributed by atoms with E-state index in [9.17, 15) is 14.0 Å². The van der Waals surface area contributed by atoms with Crippen molar-refractivity contribution in [3.63, 3.8) is 0 Å². The summed E-state index contributed by atoms with van der Waals surface area (Å²) in [6.07, 6.45) is -0.138. The first-order valence-electron chi connectivity index (χ1n) is 5.83. The molecule has 2 N–H and O–H groups in total. The number of amides is 1. The molecule has 6 heteroatoms. The molecule has 0 saturated heterocycles. The van der Waals surface area contributed by atoms with E-state index >= 15 is 0 Å². The van der Waals surface area contributed by atoms with Crippen LogP contribution in [0.15, 0.2) is 29.6 Å². The number of halogens is 1. The largest absolute Gasteiger partial charge is 0.477 e. The van der Waals surface area contributed by atoms with Crippen LogP contribution in [0, 0.1) is 12.7 Å². The van der Waals surface area contributed by atoms with E-state index < -0.39 is 17.7 Å². The van der Waals surface area contributed by atoms with Crippen LogP contribution in [0.5, 0.6) is 0 Å². The maximum Gasteiger partial charge on any atom is 0.348 e. The number of carboxylic acid groups (broad SMARTS) is 1. The molecule has 0 aliphatic heterocycles. The molecule has 0 spiro atoms. The van der Waals surface area contributed by atoms with Crippen molar-refractivity contribution in [2.45, 2.75) is 13.3 Å². The number of carbonyl (C=O) groups is 2. The van der Waals surface area contributed by atoms with Crippen LogP contribution in [0.25, 0.3) is 0 Å². The van der Waals surface area contributed by atoms with Crippen LogP contribution in [0.3, 0.4) is 0 Å². The van der Waals surface area contributed by atoms with E-state index in [0.29, 0.717) is 5.56 Å². The number of anilines is 1. The number of rotatable bonds is 4. The zero-order valence-corrected chi connectivity index (χ0v) is 11.5. The average Bonchev–Trinajstić information content (AvgIpc) is 2.74. The van der Waals surface area contributed by atoms with Crippen LogP contribution in [-0.2, 0) is 11.2 Å². The molecule has 0 unspecified atom stereocenters. The summed E-state index contributed by atoms with van der Waals surface area (Å²) in [6.45, 7) is 1.71. The zero-order valence-electron chi connectivity index (χ0n) is 10.6. The predicted octanol–water partition coefficient (Wildman–Crippen LogP) is 3.08. The molecule has 1 aromatic heterocycles. The Balaban J connectivity index is 2.15. The SMILES string of the molecule is Cc1csc(C(=O)O)c1NC(=O)Cc1ccccc1F. The highest BCUT2D eigenvalue weighted by atomic mass is 32.1. The number of aryl methyl sites for hydroxylation is 1. The normalized spacial score (nSPS) is 10.3. The van der Waals surface area contributed by atoms with Gasteiger partial charge in [0.2, 0.25) is 5.91 Å². The molecule has 1 amide bonds. The molecule has 20 heavy (non-hydrogen) atoms. The van der Waals surface area contributed by atoms with Crippen molar-refractivity contribution in [2.24, 2.45) is 0 Å². The smallest absolute Gasteiger partial charge is 0.348 e. The lowest BCUT2D eigenvalue weighted by Crippen LogP contribution is -2.17. The maximum absolute atomic E-state index is 13.4. The Kier molecular flexibility index (Phi) is 4.14. The van der Waals surface area contributed by atoms with Gasteiger partial charge in [0, 0.05) is 0 Å². The van der Waals surface area contributed by atoms with Gasteiger partial charge in [-0.25, -0.2) is 9.18 Å². The van der Waals surface area contributed by atoms with Crippen molar-refractivity contribution in [3.8, 4) is 0 Å². The average molecular weight is 293 g/mol. The summed E-state index contributed by atoms with van der Waals surface area (Å²) in [6, 6.07) is 5.99. The van der Waals surface area contributed by atoms with E-state index in [1.807, 2.05) is 0 Å². The van der Waals surface area contributed by atoms with Crippen LogP contribution in [-0.4, -0.2) is 17.0 Å². The summed E-state index contributed by atoms with van der Waals surface area (Å²) in [4.78, 5) is 23.0. The summed E-state index contributed by atoms with van der Waals surface area (Å²) in [5, 5.41) is 13.2. The van der Waals surface area contributed by atoms with Crippen molar-refractivity contribution in [2.75, 3.05) is 5.32 Å². The van der Waals surface area contributed by atoms with Crippen molar-refractivity contribution in [1.82, 2.24) is 0 Å². The number of carboxylic acids is 1. The van der Waals surface area contributed by atoms with Gasteiger partial charge in [0.05, 0.1) is 12.1 Å². The van der Waals surface area contributed by atoms with Gasteiger partial charge in [0.1, 0.15) is 10.7 Å². The summed E-state index contributed by atoms with van der Waals surface area (Å²) in [5.74, 6) is -1.99. The molecule has 0 aliphatic carbocycles. The van der Waals surface area contributed by atoms with E-state index in [4.69, 9.17) is 5.11 Å². The van der Waals surface area contributed by atoms with Crippen LogP contribution in [0.1, 0.15) is 20.8 Å². The molecule has 0 atom stereocenters. The Bertz CT molecular complexity index is 666. The lowest BCUT2D eigenvalue weighted by atomic mass is 10.1. The second-order valence-electron chi connectivity index (χ2n) is 4.24. The Hall–Kier alpha value is -2.21. The third kappa shape index (κ3) is 3.03. The summed E-state index contributed by atoms with van der Waals surface area (Å²) in [5.41, 5.74) is 1.23. The van der Waals surface area contributed by atoms with E-state index in [2.05, 4.69) is 5.32 Å². The van der Waals surface area contributed by atoms with E-state index in [1.165, 1.54) is 12.1 Å². The molecule has 104 valence electrons. The molecule has 0 fully saturated rings. The fourth-order valence-corrected chi connectivity index (χ4v) is 2.60. The van der Waals surface area contributed by atoms with Gasteiger partial charge in [-0.2, -0.15) is 0 Å². The van der Waals surface area contributed by atoms with Gasteiger partial charge in [-0.05, 0) is 29.5 Å². The number of aromatic carboxylic acids is 1. The third-order valence-electron chi connectivity index (χ3n) is 2.74. The second-order valence-corrected chi connectivity index (χ2v) is 5.12. The van der Waals surface area contributed by atoms with E-state index in [0.717, 1.165) is 11.3 Å². The number of nitrogens with one attached hydrogen (secondary N) is 1. The van der Waals surface area contributed by atoms with Crippen LogP contribution >= 0.6 is 11.3 Å². The number of hydrogen-bond acceptors (Lipinski definition) is 3. The third-order valence-corrected chi connectivity index (χ3v) is 3.83. The lowest BCUT2D eigenvalue weighted by molar-refractivity contribution is -0.115. The van der Waals surface area contributed by atoms with Crippen molar-refractivity contribution >= 4 is 28.9 Å². The van der Waals surface area contributed by atoms with Crippen molar-refractivity contribution in [3.05, 3.63) is 51.5 Å². The van der Waals surface area contributed by atoms with Crippen LogP contribution < -0.4 is 5.32 Å². The van der Waals surface area contributed by atoms with Gasteiger partial charge in [-0.15, -0.1) is 11.3 Å². The maximum atomic E-state index is 13.4. The minimum atomic E-state index is -1.09. The first-order chi connectivity index (χ1) is 9.49. The molecule has 2 aromatic rings. The van der Waals surface area contributed by atoms with Gasteiger partial charge >= 0.3 is 5.97 Å². The first kappa shape index (κ1) is 14.2. The Morgan fingerprint density at radius 1 is 1.35 bits per heavy atom. The summed E-state index contributed by atoms with van der Waals surface area (Å²) in [7, 11) is 0. The highest BCUT2D eigenvalue weighted by Crippen LogP contribution is 2.27. The van der Waals surface area contributed by atoms with Gasteiger partial charge in [0.15, 0.2) is 0 Å². The molecule has 0 radical (unpaired) electrons. The van der Waals surface area contributed by atoms with Crippen molar-refractivity contribution in [1.29, 1.82) is 0 Å². The lowest BCUT2D eigenvalue weighted by Gasteiger charge is -2.07. The number of hydrogen-bond donors (Lipinski definition) is 2. The Morgan fingerprint density at radius 3 is 2.70 bits per heavy atom. The van der Waals surface area contributed by atoms with Gasteiger partial charge in [-0.3, -0.25) is 4.79 Å². The molecule has 1 heterocycles. The topological polar surface area (TPSA) is 66.4 Å². The van der Waals surface area contributed by atoms with Gasteiger partial charge in [0.25, 0.3) is 0 Å². The molecule has 2 rings (SSSR count). The van der Waals surface area contributed by atoms with E-state index in [1.54, 1.807) is 24.4 Å². The Morgan fingerprint density at radius 2 is 2.05 bits per heavy atom. The van der Waals surface area contributed by atoms with Gasteiger partial charge < -0.3 is 10.4 Å². The molecular weight excluding hydrogens is 281 g/mol. The quantitative estimate of drug-likeness (QED) is 0.910. The molecule has 0 aliphatic rings. The minimum Gasteiger partial charge on any atom is -0.477 e. The molecule has 0 bridgehead atoms. The first-order valence-corrected chi connectivity index (χ1v) is 6.71. The van der Waals surface area contributed by atoms with Gasteiger partial charge in [-0.1, -0.05) is 18.2 Å². The van der Waals surface area contributed by atoms with Crippen molar-refractivity contribution < 1.29 is 19.1 Å².